The van der Waals surface area contributed by atoms with E-state index < -0.39 is 10.8 Å². The maximum absolute atomic E-state index is 11.5. The summed E-state index contributed by atoms with van der Waals surface area (Å²) in [4.78, 5) is 11.5. The van der Waals surface area contributed by atoms with Crippen LogP contribution in [0.4, 0.5) is 0 Å². The van der Waals surface area contributed by atoms with Crippen LogP contribution >= 0.6 is 0 Å². The minimum absolute atomic E-state index is 0.00469. The Kier molecular flexibility index (Phi) is 7.58. The third-order valence-electron chi connectivity index (χ3n) is 2.48. The van der Waals surface area contributed by atoms with Crippen LogP contribution in [-0.2, 0) is 15.6 Å². The zero-order valence-corrected chi connectivity index (χ0v) is 11.7. The van der Waals surface area contributed by atoms with Crippen molar-refractivity contribution in [3.8, 4) is 0 Å². The van der Waals surface area contributed by atoms with Gasteiger partial charge < -0.3 is 10.6 Å². The van der Waals surface area contributed by atoms with Crippen LogP contribution < -0.4 is 10.6 Å². The molecule has 0 aliphatic carbocycles. The van der Waals surface area contributed by atoms with E-state index >= 15 is 0 Å². The lowest BCUT2D eigenvalue weighted by atomic mass is 10.1. The fourth-order valence-electron chi connectivity index (χ4n) is 1.15. The fourth-order valence-corrected chi connectivity index (χ4v) is 1.97. The van der Waals surface area contributed by atoms with E-state index in [0.717, 1.165) is 0 Å². The first-order valence-corrected chi connectivity index (χ1v) is 7.38. The first-order valence-electron chi connectivity index (χ1n) is 5.65. The summed E-state index contributed by atoms with van der Waals surface area (Å²) in [5, 5.41) is 5.96. The molecule has 16 heavy (non-hydrogen) atoms. The molecule has 0 heterocycles. The van der Waals surface area contributed by atoms with Crippen LogP contribution in [0.5, 0.6) is 0 Å². The highest BCUT2D eigenvalue weighted by Gasteiger charge is 2.11. The van der Waals surface area contributed by atoms with Gasteiger partial charge in [-0.05, 0) is 19.8 Å². The van der Waals surface area contributed by atoms with Crippen LogP contribution in [0.2, 0.25) is 0 Å². The van der Waals surface area contributed by atoms with E-state index in [2.05, 4.69) is 24.5 Å². The summed E-state index contributed by atoms with van der Waals surface area (Å²) >= 11 is 0. The van der Waals surface area contributed by atoms with Crippen molar-refractivity contribution in [1.29, 1.82) is 0 Å². The molecule has 0 aliphatic heterocycles. The Morgan fingerprint density at radius 3 is 2.25 bits per heavy atom. The van der Waals surface area contributed by atoms with Gasteiger partial charge in [-0.15, -0.1) is 0 Å². The van der Waals surface area contributed by atoms with Gasteiger partial charge in [0, 0.05) is 34.9 Å². The zero-order chi connectivity index (χ0) is 12.7. The Hall–Kier alpha value is -0.420. The van der Waals surface area contributed by atoms with Crippen LogP contribution in [0.25, 0.3) is 0 Å². The normalized spacial score (nSPS) is 16.9. The maximum atomic E-state index is 11.5. The van der Waals surface area contributed by atoms with Crippen LogP contribution in [-0.4, -0.2) is 40.8 Å². The smallest absolute Gasteiger partial charge is 0.234 e. The lowest BCUT2D eigenvalue weighted by Crippen LogP contribution is -2.44. The monoisotopic (exact) mass is 248 g/mol. The van der Waals surface area contributed by atoms with E-state index in [1.54, 1.807) is 6.26 Å². The molecule has 0 bridgehead atoms. The van der Waals surface area contributed by atoms with Crippen molar-refractivity contribution in [3.05, 3.63) is 0 Å². The average molecular weight is 248 g/mol. The van der Waals surface area contributed by atoms with Gasteiger partial charge in [0.05, 0.1) is 6.54 Å². The predicted molar refractivity (Wildman–Crippen MR) is 68.8 cm³/mol. The fraction of sp³-hybridized carbons (Fsp3) is 0.909. The van der Waals surface area contributed by atoms with Crippen molar-refractivity contribution in [2.24, 2.45) is 5.92 Å². The van der Waals surface area contributed by atoms with E-state index in [0.29, 0.717) is 11.7 Å². The van der Waals surface area contributed by atoms with Gasteiger partial charge in [0.25, 0.3) is 0 Å². The summed E-state index contributed by atoms with van der Waals surface area (Å²) in [5.41, 5.74) is 0. The van der Waals surface area contributed by atoms with Crippen LogP contribution in [0.1, 0.15) is 27.7 Å². The molecule has 0 saturated carbocycles. The molecule has 0 radical (unpaired) electrons. The van der Waals surface area contributed by atoms with Gasteiger partial charge in [0.15, 0.2) is 0 Å². The molecule has 0 aromatic heterocycles. The summed E-state index contributed by atoms with van der Waals surface area (Å²) in [7, 11) is -0.823. The van der Waals surface area contributed by atoms with Gasteiger partial charge in [0.1, 0.15) is 0 Å². The molecule has 0 aromatic carbocycles. The summed E-state index contributed by atoms with van der Waals surface area (Å²) in [6.07, 6.45) is 1.67. The van der Waals surface area contributed by atoms with Crippen molar-refractivity contribution < 1.29 is 9.00 Å². The summed E-state index contributed by atoms with van der Waals surface area (Å²) < 4.78 is 10.9. The third-order valence-corrected chi connectivity index (χ3v) is 3.45. The second-order valence-electron chi connectivity index (χ2n) is 4.62. The van der Waals surface area contributed by atoms with Crippen LogP contribution in [0.15, 0.2) is 0 Å². The highest BCUT2D eigenvalue weighted by molar-refractivity contribution is 7.84. The Bertz CT molecular complexity index is 244. The summed E-state index contributed by atoms with van der Waals surface area (Å²) in [6, 6.07) is 0.288. The number of nitrogens with one attached hydrogen (secondary N) is 2. The van der Waals surface area contributed by atoms with Gasteiger partial charge in [-0.2, -0.15) is 0 Å². The first-order chi connectivity index (χ1) is 7.32. The van der Waals surface area contributed by atoms with E-state index in [1.807, 2.05) is 13.8 Å². The van der Waals surface area contributed by atoms with Gasteiger partial charge in [-0.1, -0.05) is 13.8 Å². The Morgan fingerprint density at radius 1 is 1.25 bits per heavy atom. The van der Waals surface area contributed by atoms with E-state index in [-0.39, 0.29) is 24.5 Å². The highest BCUT2D eigenvalue weighted by atomic mass is 32.2. The molecular weight excluding hydrogens is 224 g/mol. The van der Waals surface area contributed by atoms with E-state index in [9.17, 15) is 9.00 Å². The Labute approximate surface area is 101 Å². The maximum Gasteiger partial charge on any atom is 0.234 e. The lowest BCUT2D eigenvalue weighted by molar-refractivity contribution is -0.121. The lowest BCUT2D eigenvalue weighted by Gasteiger charge is -2.18. The minimum atomic E-state index is -0.823. The van der Waals surface area contributed by atoms with E-state index in [4.69, 9.17) is 0 Å². The number of rotatable bonds is 7. The Balaban J connectivity index is 3.77. The number of carbonyl (C=O) groups excluding carboxylic acids is 1. The van der Waals surface area contributed by atoms with Crippen molar-refractivity contribution in [2.75, 3.05) is 18.6 Å². The van der Waals surface area contributed by atoms with Crippen molar-refractivity contribution in [3.63, 3.8) is 0 Å². The molecular formula is C11H24N2O2S. The molecule has 3 unspecified atom stereocenters. The average Bonchev–Trinajstić information content (AvgIpc) is 2.13. The number of hydrogen-bond donors (Lipinski definition) is 2. The minimum Gasteiger partial charge on any atom is -0.352 e. The molecule has 0 fully saturated rings. The quantitative estimate of drug-likeness (QED) is 0.690. The molecule has 0 aromatic rings. The van der Waals surface area contributed by atoms with Gasteiger partial charge >= 0.3 is 0 Å². The SMILES string of the molecule is CC(CS(C)=O)NCC(=O)NC(C)C(C)C. The molecule has 0 saturated heterocycles. The molecule has 0 aliphatic rings. The molecule has 0 rings (SSSR count). The Morgan fingerprint density at radius 2 is 1.81 bits per heavy atom. The summed E-state index contributed by atoms with van der Waals surface area (Å²) in [5.74, 6) is 1.01. The van der Waals surface area contributed by atoms with E-state index in [1.165, 1.54) is 0 Å². The molecule has 0 spiro atoms. The number of amides is 1. The highest BCUT2D eigenvalue weighted by Crippen LogP contribution is 1.98. The number of hydrogen-bond acceptors (Lipinski definition) is 3. The van der Waals surface area contributed by atoms with Crippen molar-refractivity contribution >= 4 is 16.7 Å². The molecule has 4 nitrogen and oxygen atoms in total. The second-order valence-corrected chi connectivity index (χ2v) is 6.10. The molecule has 2 N–H and O–H groups in total. The van der Waals surface area contributed by atoms with Crippen molar-refractivity contribution in [1.82, 2.24) is 10.6 Å². The third kappa shape index (κ3) is 7.82. The molecule has 96 valence electrons. The van der Waals surface area contributed by atoms with Gasteiger partial charge in [-0.25, -0.2) is 0 Å². The topological polar surface area (TPSA) is 58.2 Å². The van der Waals surface area contributed by atoms with Crippen LogP contribution in [0, 0.1) is 5.92 Å². The predicted octanol–water partition coefficient (Wildman–Crippen LogP) is 0.504. The summed E-state index contributed by atoms with van der Waals surface area (Å²) in [6.45, 7) is 8.35. The first kappa shape index (κ1) is 15.6. The van der Waals surface area contributed by atoms with Gasteiger partial charge in [0.2, 0.25) is 5.91 Å². The molecule has 1 amide bonds. The zero-order valence-electron chi connectivity index (χ0n) is 10.9. The second kappa shape index (κ2) is 7.79. The molecule has 5 heteroatoms. The van der Waals surface area contributed by atoms with Crippen molar-refractivity contribution in [2.45, 2.75) is 39.8 Å². The number of carbonyl (C=O) groups is 1. The molecule has 3 atom stereocenters. The van der Waals surface area contributed by atoms with Crippen LogP contribution in [0.3, 0.4) is 0 Å². The largest absolute Gasteiger partial charge is 0.352 e. The standard InChI is InChI=1S/C11H24N2O2S/c1-8(2)10(4)13-11(14)6-12-9(3)7-16(5)15/h8-10,12H,6-7H2,1-5H3,(H,13,14). The van der Waals surface area contributed by atoms with Gasteiger partial charge in [-0.3, -0.25) is 9.00 Å².